The number of thiophene rings is 1. The molecule has 0 amide bonds. The molecule has 0 unspecified atom stereocenters. The summed E-state index contributed by atoms with van der Waals surface area (Å²) in [7, 11) is 4.07. The van der Waals surface area contributed by atoms with Crippen molar-refractivity contribution in [1.29, 1.82) is 0 Å². The van der Waals surface area contributed by atoms with Crippen molar-refractivity contribution in [2.24, 2.45) is 0 Å². The quantitative estimate of drug-likeness (QED) is 0.297. The molecule has 0 bridgehead atoms. The minimum atomic E-state index is 0.0558. The van der Waals surface area contributed by atoms with Gasteiger partial charge in [0.15, 0.2) is 10.9 Å². The molecule has 0 fully saturated rings. The van der Waals surface area contributed by atoms with Crippen LogP contribution in [0.4, 0.5) is 0 Å². The summed E-state index contributed by atoms with van der Waals surface area (Å²) in [5.41, 5.74) is 1.98. The molecule has 0 radical (unpaired) electrons. The summed E-state index contributed by atoms with van der Waals surface area (Å²) in [5, 5.41) is 1.48. The summed E-state index contributed by atoms with van der Waals surface area (Å²) in [4.78, 5) is 35.3. The van der Waals surface area contributed by atoms with Gasteiger partial charge < -0.3 is 4.90 Å². The molecule has 0 saturated carbocycles. The lowest BCUT2D eigenvalue weighted by Gasteiger charge is -2.15. The van der Waals surface area contributed by atoms with E-state index in [9.17, 15) is 9.59 Å². The van der Waals surface area contributed by atoms with Gasteiger partial charge in [0.1, 0.15) is 4.83 Å². The van der Waals surface area contributed by atoms with Crippen molar-refractivity contribution in [3.63, 3.8) is 0 Å². The number of benzene rings is 1. The molecule has 1 aliphatic carbocycles. The first kappa shape index (κ1) is 21.3. The molecule has 2 heterocycles. The van der Waals surface area contributed by atoms with Gasteiger partial charge in [-0.3, -0.25) is 14.2 Å². The summed E-state index contributed by atoms with van der Waals surface area (Å²) in [6.45, 7) is 1.52. The van der Waals surface area contributed by atoms with Crippen molar-refractivity contribution in [2.75, 3.05) is 26.4 Å². The number of carbonyl (C=O) groups excluding carboxylic acids is 1. The van der Waals surface area contributed by atoms with Crippen LogP contribution in [0.15, 0.2) is 40.3 Å². The molecule has 0 N–H and O–H groups in total. The van der Waals surface area contributed by atoms with Crippen molar-refractivity contribution in [3.05, 3.63) is 56.7 Å². The van der Waals surface area contributed by atoms with Crippen LogP contribution in [0.5, 0.6) is 0 Å². The van der Waals surface area contributed by atoms with Crippen LogP contribution in [0.1, 0.15) is 40.1 Å². The Hall–Kier alpha value is -1.96. The number of aromatic nitrogens is 2. The van der Waals surface area contributed by atoms with Crippen LogP contribution in [0.3, 0.4) is 0 Å². The Morgan fingerprint density at radius 3 is 2.73 bits per heavy atom. The van der Waals surface area contributed by atoms with E-state index in [1.165, 1.54) is 28.6 Å². The zero-order valence-corrected chi connectivity index (χ0v) is 19.2. The van der Waals surface area contributed by atoms with E-state index in [1.54, 1.807) is 15.9 Å². The molecule has 5 nitrogen and oxygen atoms in total. The first-order valence-electron chi connectivity index (χ1n) is 10.5. The molecule has 0 saturated heterocycles. The Labute approximate surface area is 185 Å². The maximum atomic E-state index is 13.5. The van der Waals surface area contributed by atoms with E-state index in [0.717, 1.165) is 42.4 Å². The molecule has 0 aliphatic heterocycles. The monoisotopic (exact) mass is 441 g/mol. The predicted octanol–water partition coefficient (Wildman–Crippen LogP) is 4.26. The highest BCUT2D eigenvalue weighted by Crippen LogP contribution is 2.34. The van der Waals surface area contributed by atoms with Gasteiger partial charge in [-0.1, -0.05) is 42.1 Å². The third-order valence-electron chi connectivity index (χ3n) is 5.46. The minimum Gasteiger partial charge on any atom is -0.309 e. The zero-order chi connectivity index (χ0) is 21.1. The van der Waals surface area contributed by atoms with Crippen molar-refractivity contribution in [3.8, 4) is 0 Å². The number of nitrogens with zero attached hydrogens (tertiary/aromatic N) is 3. The molecular formula is C23H27N3O2S2. The van der Waals surface area contributed by atoms with Crippen LogP contribution >= 0.6 is 23.1 Å². The number of ketones is 1. The van der Waals surface area contributed by atoms with E-state index in [1.807, 2.05) is 44.4 Å². The average Bonchev–Trinajstić information content (AvgIpc) is 3.12. The Morgan fingerprint density at radius 1 is 1.20 bits per heavy atom. The van der Waals surface area contributed by atoms with E-state index in [-0.39, 0.29) is 17.1 Å². The van der Waals surface area contributed by atoms with E-state index in [0.29, 0.717) is 17.3 Å². The van der Waals surface area contributed by atoms with E-state index >= 15 is 0 Å². The lowest BCUT2D eigenvalue weighted by Crippen LogP contribution is -2.26. The number of Topliss-reactive ketones (excluding diaryl/α,β-unsaturated/α-hetero) is 1. The fraction of sp³-hybridized carbons (Fsp3) is 0.435. The molecule has 2 aromatic heterocycles. The van der Waals surface area contributed by atoms with Crippen LogP contribution < -0.4 is 5.56 Å². The largest absolute Gasteiger partial charge is 0.309 e. The number of hydrogen-bond donors (Lipinski definition) is 0. The van der Waals surface area contributed by atoms with Crippen molar-refractivity contribution < 1.29 is 4.79 Å². The Balaban J connectivity index is 1.67. The number of rotatable bonds is 8. The minimum absolute atomic E-state index is 0.0558. The molecule has 1 aliphatic rings. The van der Waals surface area contributed by atoms with Gasteiger partial charge in [0.2, 0.25) is 0 Å². The van der Waals surface area contributed by atoms with Gasteiger partial charge >= 0.3 is 0 Å². The standard InChI is InChI=1S/C23H27N3O2S2/c1-25(2)13-8-14-26-22(28)20-17-11-6-7-12-19(17)30-21(20)24-23(26)29-15-18(27)16-9-4-3-5-10-16/h3-5,9-10H,6-8,11-15H2,1-2H3. The Kier molecular flexibility index (Phi) is 6.71. The maximum Gasteiger partial charge on any atom is 0.263 e. The Bertz CT molecular complexity index is 1100. The van der Waals surface area contributed by atoms with Gasteiger partial charge in [-0.05, 0) is 58.3 Å². The van der Waals surface area contributed by atoms with Crippen molar-refractivity contribution in [2.45, 2.75) is 43.8 Å². The number of carbonyl (C=O) groups is 1. The fourth-order valence-corrected chi connectivity index (χ4v) is 6.13. The number of hydrogen-bond acceptors (Lipinski definition) is 6. The molecule has 30 heavy (non-hydrogen) atoms. The first-order chi connectivity index (χ1) is 14.5. The smallest absolute Gasteiger partial charge is 0.263 e. The topological polar surface area (TPSA) is 55.2 Å². The highest BCUT2D eigenvalue weighted by Gasteiger charge is 2.22. The van der Waals surface area contributed by atoms with Gasteiger partial charge in [-0.25, -0.2) is 4.98 Å². The maximum absolute atomic E-state index is 13.5. The molecule has 7 heteroatoms. The number of aryl methyl sites for hydroxylation is 2. The summed E-state index contributed by atoms with van der Waals surface area (Å²) in [6.07, 6.45) is 5.21. The van der Waals surface area contributed by atoms with Gasteiger partial charge in [-0.15, -0.1) is 11.3 Å². The second-order valence-corrected chi connectivity index (χ2v) is 10.0. The summed E-state index contributed by atoms with van der Waals surface area (Å²) in [5.74, 6) is 0.334. The van der Waals surface area contributed by atoms with Crippen LogP contribution in [0, 0.1) is 0 Å². The lowest BCUT2D eigenvalue weighted by molar-refractivity contribution is 0.102. The van der Waals surface area contributed by atoms with Crippen molar-refractivity contribution >= 4 is 39.1 Å². The molecular weight excluding hydrogens is 414 g/mol. The van der Waals surface area contributed by atoms with E-state index < -0.39 is 0 Å². The normalized spacial score (nSPS) is 13.7. The Morgan fingerprint density at radius 2 is 1.97 bits per heavy atom. The van der Waals surface area contributed by atoms with Gasteiger partial charge in [0.25, 0.3) is 5.56 Å². The van der Waals surface area contributed by atoms with Crippen LogP contribution in [-0.2, 0) is 19.4 Å². The summed E-state index contributed by atoms with van der Waals surface area (Å²) in [6, 6.07) is 9.31. The first-order valence-corrected chi connectivity index (χ1v) is 12.3. The number of fused-ring (bicyclic) bond motifs is 3. The molecule has 0 atom stereocenters. The molecule has 0 spiro atoms. The SMILES string of the molecule is CN(C)CCCn1c(SCC(=O)c2ccccc2)nc2sc3c(c2c1=O)CCCC3. The predicted molar refractivity (Wildman–Crippen MR) is 125 cm³/mol. The average molecular weight is 442 g/mol. The summed E-state index contributed by atoms with van der Waals surface area (Å²) < 4.78 is 1.80. The fourth-order valence-electron chi connectivity index (χ4n) is 3.91. The van der Waals surface area contributed by atoms with Gasteiger partial charge in [0, 0.05) is 17.0 Å². The molecule has 1 aromatic carbocycles. The lowest BCUT2D eigenvalue weighted by atomic mass is 9.97. The van der Waals surface area contributed by atoms with Crippen molar-refractivity contribution in [1.82, 2.24) is 14.5 Å². The van der Waals surface area contributed by atoms with Gasteiger partial charge in [0.05, 0.1) is 11.1 Å². The summed E-state index contributed by atoms with van der Waals surface area (Å²) >= 11 is 3.04. The third-order valence-corrected chi connectivity index (χ3v) is 7.62. The number of thioether (sulfide) groups is 1. The zero-order valence-electron chi connectivity index (χ0n) is 17.5. The molecule has 4 rings (SSSR count). The molecule has 3 aromatic rings. The van der Waals surface area contributed by atoms with E-state index in [2.05, 4.69) is 4.90 Å². The second kappa shape index (κ2) is 9.45. The van der Waals surface area contributed by atoms with E-state index in [4.69, 9.17) is 4.98 Å². The second-order valence-electron chi connectivity index (χ2n) is 7.98. The van der Waals surface area contributed by atoms with Gasteiger partial charge in [-0.2, -0.15) is 0 Å². The van der Waals surface area contributed by atoms with Crippen LogP contribution in [0.25, 0.3) is 10.2 Å². The highest BCUT2D eigenvalue weighted by atomic mass is 32.2. The molecule has 158 valence electrons. The highest BCUT2D eigenvalue weighted by molar-refractivity contribution is 7.99. The third kappa shape index (κ3) is 4.53. The van der Waals surface area contributed by atoms with Crippen LogP contribution in [0.2, 0.25) is 0 Å². The van der Waals surface area contributed by atoms with Crippen LogP contribution in [-0.4, -0.2) is 46.6 Å².